The summed E-state index contributed by atoms with van der Waals surface area (Å²) >= 11 is 0. The van der Waals surface area contributed by atoms with Crippen molar-refractivity contribution < 1.29 is 22.6 Å². The molecule has 0 amide bonds. The number of ether oxygens (including phenoxy) is 2. The van der Waals surface area contributed by atoms with Gasteiger partial charge in [-0.05, 0) is 68.1 Å². The first-order valence-corrected chi connectivity index (χ1v) is 8.10. The van der Waals surface area contributed by atoms with Crippen molar-refractivity contribution in [2.75, 3.05) is 6.61 Å². The summed E-state index contributed by atoms with van der Waals surface area (Å²) in [4.78, 5) is 0. The Kier molecular flexibility index (Phi) is 4.55. The fourth-order valence-electron chi connectivity index (χ4n) is 2.45. The number of hydrogen-bond acceptors (Lipinski definition) is 2. The maximum atomic E-state index is 12.7. The molecule has 5 heteroatoms. The van der Waals surface area contributed by atoms with E-state index in [4.69, 9.17) is 4.74 Å². The maximum Gasteiger partial charge on any atom is 0.573 e. The van der Waals surface area contributed by atoms with Crippen LogP contribution in [0.25, 0.3) is 0 Å². The van der Waals surface area contributed by atoms with E-state index >= 15 is 0 Å². The van der Waals surface area contributed by atoms with Crippen molar-refractivity contribution in [2.45, 2.75) is 45.4 Å². The third kappa shape index (κ3) is 4.91. The van der Waals surface area contributed by atoms with Crippen LogP contribution >= 0.6 is 0 Å². The molecule has 0 unspecified atom stereocenters. The van der Waals surface area contributed by atoms with Gasteiger partial charge in [0, 0.05) is 0 Å². The van der Waals surface area contributed by atoms with E-state index < -0.39 is 6.36 Å². The Labute approximate surface area is 134 Å². The third-order valence-electron chi connectivity index (χ3n) is 4.24. The molecular weight excluding hydrogens is 305 g/mol. The van der Waals surface area contributed by atoms with Gasteiger partial charge in [-0.25, -0.2) is 0 Å². The van der Waals surface area contributed by atoms with Crippen LogP contribution in [0.2, 0.25) is 0 Å². The molecule has 0 bridgehead atoms. The van der Waals surface area contributed by atoms with E-state index in [9.17, 15) is 13.2 Å². The van der Waals surface area contributed by atoms with Gasteiger partial charge < -0.3 is 9.47 Å². The highest BCUT2D eigenvalue weighted by Crippen LogP contribution is 2.39. The summed E-state index contributed by atoms with van der Waals surface area (Å²) in [6.07, 6.45) is 4.66. The van der Waals surface area contributed by atoms with E-state index in [-0.39, 0.29) is 11.5 Å². The highest BCUT2D eigenvalue weighted by Gasteiger charge is 2.34. The van der Waals surface area contributed by atoms with E-state index in [0.29, 0.717) is 30.4 Å². The second-order valence-corrected chi connectivity index (χ2v) is 6.45. The Balaban J connectivity index is 1.78. The minimum atomic E-state index is -4.72. The van der Waals surface area contributed by atoms with Crippen molar-refractivity contribution in [2.24, 2.45) is 11.8 Å². The van der Waals surface area contributed by atoms with Gasteiger partial charge in [0.25, 0.3) is 0 Å². The molecule has 0 heterocycles. The van der Waals surface area contributed by atoms with Gasteiger partial charge in [0.1, 0.15) is 0 Å². The lowest BCUT2D eigenvalue weighted by atomic mass is 10.0. The monoisotopic (exact) mass is 326 g/mol. The first-order chi connectivity index (χ1) is 10.9. The topological polar surface area (TPSA) is 18.5 Å². The molecular formula is C18H21F3O2. The zero-order valence-electron chi connectivity index (χ0n) is 13.2. The molecule has 2 aliphatic carbocycles. The van der Waals surface area contributed by atoms with Crippen molar-refractivity contribution in [3.05, 3.63) is 35.4 Å². The molecule has 0 aromatic heterocycles. The fourth-order valence-corrected chi connectivity index (χ4v) is 2.45. The Bertz CT molecular complexity index is 585. The lowest BCUT2D eigenvalue weighted by molar-refractivity contribution is -0.275. The molecule has 23 heavy (non-hydrogen) atoms. The van der Waals surface area contributed by atoms with Gasteiger partial charge in [-0.3, -0.25) is 0 Å². The molecule has 1 aromatic carbocycles. The van der Waals surface area contributed by atoms with Crippen molar-refractivity contribution in [3.63, 3.8) is 0 Å². The fraction of sp³-hybridized carbons (Fsp3) is 0.556. The predicted molar refractivity (Wildman–Crippen MR) is 81.6 cm³/mol. The number of benzene rings is 1. The lowest BCUT2D eigenvalue weighted by Crippen LogP contribution is -2.19. The van der Waals surface area contributed by atoms with Gasteiger partial charge >= 0.3 is 6.36 Å². The summed E-state index contributed by atoms with van der Waals surface area (Å²) in [7, 11) is 0. The Morgan fingerprint density at radius 3 is 2.52 bits per heavy atom. The summed E-state index contributed by atoms with van der Waals surface area (Å²) in [6.45, 7) is 2.11. The highest BCUT2D eigenvalue weighted by molar-refractivity contribution is 5.50. The van der Waals surface area contributed by atoms with Gasteiger partial charge in [-0.1, -0.05) is 18.2 Å². The molecule has 0 radical (unpaired) electrons. The molecule has 0 N–H and O–H groups in total. The van der Waals surface area contributed by atoms with Crippen LogP contribution in [0.15, 0.2) is 24.3 Å². The minimum Gasteiger partial charge on any atom is -0.489 e. The summed E-state index contributed by atoms with van der Waals surface area (Å²) in [5.41, 5.74) is 1.33. The standard InChI is InChI=1S/C18H21F3O2/c1-12-15(4-2-3-13-5-6-13)9-10-16(22-11-14-7-8-14)17(12)23-18(19,20)21/h2-3,9-10,13-14H,4-8,11H2,1H3/b3-2+. The SMILES string of the molecule is Cc1c(C/C=C/C2CC2)ccc(OCC2CC2)c1OC(F)(F)F. The van der Waals surface area contributed by atoms with Crippen molar-refractivity contribution in [1.29, 1.82) is 0 Å². The van der Waals surface area contributed by atoms with Gasteiger partial charge in [0.05, 0.1) is 6.61 Å². The highest BCUT2D eigenvalue weighted by atomic mass is 19.4. The third-order valence-corrected chi connectivity index (χ3v) is 4.24. The molecule has 0 spiro atoms. The van der Waals surface area contributed by atoms with Crippen LogP contribution in [0, 0.1) is 18.8 Å². The Hall–Kier alpha value is -1.65. The van der Waals surface area contributed by atoms with Gasteiger partial charge in [0.15, 0.2) is 11.5 Å². The molecule has 126 valence electrons. The van der Waals surface area contributed by atoms with E-state index in [1.165, 1.54) is 12.8 Å². The summed E-state index contributed by atoms with van der Waals surface area (Å²) in [5.74, 6) is 1.11. The molecule has 2 fully saturated rings. The van der Waals surface area contributed by atoms with Crippen molar-refractivity contribution in [1.82, 2.24) is 0 Å². The summed E-state index contributed by atoms with van der Waals surface area (Å²) in [6, 6.07) is 3.43. The lowest BCUT2D eigenvalue weighted by Gasteiger charge is -2.18. The molecule has 1 aromatic rings. The normalized spacial score (nSPS) is 18.4. The number of allylic oxidation sites excluding steroid dienone is 2. The van der Waals surface area contributed by atoms with Gasteiger partial charge in [0.2, 0.25) is 0 Å². The van der Waals surface area contributed by atoms with Crippen LogP contribution in [0.5, 0.6) is 11.5 Å². The zero-order valence-corrected chi connectivity index (χ0v) is 13.2. The maximum absolute atomic E-state index is 12.7. The number of halogens is 3. The van der Waals surface area contributed by atoms with E-state index in [1.54, 1.807) is 13.0 Å². The zero-order chi connectivity index (χ0) is 16.4. The second kappa shape index (κ2) is 6.46. The summed E-state index contributed by atoms with van der Waals surface area (Å²) in [5, 5.41) is 0. The van der Waals surface area contributed by atoms with E-state index in [0.717, 1.165) is 18.4 Å². The quantitative estimate of drug-likeness (QED) is 0.642. The average molecular weight is 326 g/mol. The van der Waals surface area contributed by atoms with Gasteiger partial charge in [-0.15, -0.1) is 13.2 Å². The number of rotatable bonds is 7. The van der Waals surface area contributed by atoms with Crippen LogP contribution < -0.4 is 9.47 Å². The van der Waals surface area contributed by atoms with Crippen LogP contribution in [0.4, 0.5) is 13.2 Å². The first kappa shape index (κ1) is 16.2. The smallest absolute Gasteiger partial charge is 0.489 e. The molecule has 0 atom stereocenters. The first-order valence-electron chi connectivity index (χ1n) is 8.10. The predicted octanol–water partition coefficient (Wildman–Crippen LogP) is 5.19. The molecule has 0 aliphatic heterocycles. The van der Waals surface area contributed by atoms with Gasteiger partial charge in [-0.2, -0.15) is 0 Å². The molecule has 2 aliphatic rings. The second-order valence-electron chi connectivity index (χ2n) is 6.45. The Morgan fingerprint density at radius 1 is 1.17 bits per heavy atom. The largest absolute Gasteiger partial charge is 0.573 e. The molecule has 3 rings (SSSR count). The average Bonchev–Trinajstić information content (AvgIpc) is 3.34. The molecule has 2 saturated carbocycles. The summed E-state index contributed by atoms with van der Waals surface area (Å²) < 4.78 is 48.0. The van der Waals surface area contributed by atoms with Crippen LogP contribution in [0.1, 0.15) is 36.8 Å². The van der Waals surface area contributed by atoms with Crippen molar-refractivity contribution >= 4 is 0 Å². The van der Waals surface area contributed by atoms with Crippen LogP contribution in [0.3, 0.4) is 0 Å². The number of hydrogen-bond donors (Lipinski definition) is 0. The van der Waals surface area contributed by atoms with Crippen LogP contribution in [-0.2, 0) is 6.42 Å². The van der Waals surface area contributed by atoms with Crippen molar-refractivity contribution in [3.8, 4) is 11.5 Å². The Morgan fingerprint density at radius 2 is 1.91 bits per heavy atom. The molecule has 0 saturated heterocycles. The minimum absolute atomic E-state index is 0.182. The van der Waals surface area contributed by atoms with E-state index in [1.807, 2.05) is 12.1 Å². The number of alkyl halides is 3. The molecule has 2 nitrogen and oxygen atoms in total. The van der Waals surface area contributed by atoms with Crippen LogP contribution in [-0.4, -0.2) is 13.0 Å². The van der Waals surface area contributed by atoms with E-state index in [2.05, 4.69) is 10.8 Å².